The summed E-state index contributed by atoms with van der Waals surface area (Å²) in [5, 5.41) is 5.40. The standard InChI is InChI=1S/C11H9F4NO2S/c1-4-2-3-5-7-6(4)8(12)9(13)10(7,17)11(14,15)19(5,16)18/h2-3,8-9,16-17H,1H3. The third-order valence-electron chi connectivity index (χ3n) is 3.85. The van der Waals surface area contributed by atoms with Crippen LogP contribution in [0, 0.1) is 11.7 Å². The average Bonchev–Trinajstić information content (AvgIpc) is 2.59. The zero-order chi connectivity index (χ0) is 14.4. The Morgan fingerprint density at radius 2 is 1.95 bits per heavy atom. The first-order chi connectivity index (χ1) is 8.58. The van der Waals surface area contributed by atoms with Crippen LogP contribution in [-0.2, 0) is 15.3 Å². The van der Waals surface area contributed by atoms with Crippen molar-refractivity contribution in [3.8, 4) is 0 Å². The van der Waals surface area contributed by atoms with Crippen molar-refractivity contribution >= 4 is 9.73 Å². The van der Waals surface area contributed by atoms with E-state index in [0.717, 1.165) is 6.07 Å². The predicted molar refractivity (Wildman–Crippen MR) is 57.9 cm³/mol. The van der Waals surface area contributed by atoms with Gasteiger partial charge in [-0.25, -0.2) is 17.8 Å². The van der Waals surface area contributed by atoms with Gasteiger partial charge in [-0.2, -0.15) is 8.78 Å². The number of benzene rings is 1. The van der Waals surface area contributed by atoms with E-state index >= 15 is 0 Å². The van der Waals surface area contributed by atoms with Crippen molar-refractivity contribution in [1.29, 1.82) is 4.78 Å². The second kappa shape index (κ2) is 3.12. The van der Waals surface area contributed by atoms with E-state index in [9.17, 15) is 26.9 Å². The van der Waals surface area contributed by atoms with Crippen molar-refractivity contribution in [2.75, 3.05) is 0 Å². The van der Waals surface area contributed by atoms with Gasteiger partial charge in [0.25, 0.3) is 0 Å². The normalized spacial score (nSPS) is 42.4. The fraction of sp³-hybridized carbons (Fsp3) is 0.455. The summed E-state index contributed by atoms with van der Waals surface area (Å²) in [4.78, 5) is -0.677. The molecule has 1 aliphatic heterocycles. The third-order valence-corrected chi connectivity index (χ3v) is 5.85. The molecular formula is C11H9F4NO2S. The van der Waals surface area contributed by atoms with Crippen LogP contribution in [0.3, 0.4) is 0 Å². The number of hydrogen-bond donors (Lipinski definition) is 2. The molecule has 1 aromatic rings. The average molecular weight is 295 g/mol. The minimum absolute atomic E-state index is 0.178. The fourth-order valence-corrected chi connectivity index (χ4v) is 4.59. The van der Waals surface area contributed by atoms with Crippen LogP contribution in [0.1, 0.15) is 22.9 Å². The van der Waals surface area contributed by atoms with E-state index in [-0.39, 0.29) is 5.56 Å². The van der Waals surface area contributed by atoms with Gasteiger partial charge in [0, 0.05) is 5.56 Å². The van der Waals surface area contributed by atoms with E-state index in [1.165, 1.54) is 13.0 Å². The van der Waals surface area contributed by atoms with Gasteiger partial charge in [0.05, 0.1) is 4.90 Å². The molecule has 4 unspecified atom stereocenters. The van der Waals surface area contributed by atoms with Crippen molar-refractivity contribution in [2.24, 2.45) is 0 Å². The van der Waals surface area contributed by atoms with Gasteiger partial charge in [0.15, 0.2) is 12.3 Å². The van der Waals surface area contributed by atoms with E-state index in [4.69, 9.17) is 4.78 Å². The van der Waals surface area contributed by atoms with Crippen LogP contribution in [0.2, 0.25) is 0 Å². The van der Waals surface area contributed by atoms with Crippen LogP contribution in [0.15, 0.2) is 17.0 Å². The smallest absolute Gasteiger partial charge is 0.367 e. The maximum Gasteiger partial charge on any atom is 0.367 e. The lowest BCUT2D eigenvalue weighted by Gasteiger charge is -2.29. The summed E-state index contributed by atoms with van der Waals surface area (Å²) in [5.74, 6) is 0. The first-order valence-electron chi connectivity index (χ1n) is 5.39. The van der Waals surface area contributed by atoms with Crippen LogP contribution in [0.5, 0.6) is 0 Å². The van der Waals surface area contributed by atoms with Crippen molar-refractivity contribution < 1.29 is 26.9 Å². The predicted octanol–water partition coefficient (Wildman–Crippen LogP) is 2.56. The fourth-order valence-electron chi connectivity index (χ4n) is 2.85. The van der Waals surface area contributed by atoms with Crippen LogP contribution < -0.4 is 0 Å². The third kappa shape index (κ3) is 1.04. The largest absolute Gasteiger partial charge is 0.375 e. The van der Waals surface area contributed by atoms with Gasteiger partial charge in [-0.3, -0.25) is 0 Å². The highest BCUT2D eigenvalue weighted by Gasteiger charge is 2.76. The second-order valence-corrected chi connectivity index (χ2v) is 6.88. The summed E-state index contributed by atoms with van der Waals surface area (Å²) in [6.07, 6.45) is -5.35. The molecule has 0 saturated heterocycles. The minimum Gasteiger partial charge on any atom is -0.375 e. The molecule has 0 radical (unpaired) electrons. The molecular weight excluding hydrogens is 286 g/mol. The molecule has 19 heavy (non-hydrogen) atoms. The SMILES string of the molecule is Cc1ccc2c3c1C(F)C(F)C3(O)C(F)(F)S2(=N)=O. The van der Waals surface area contributed by atoms with Gasteiger partial charge in [-0.15, -0.1) is 0 Å². The van der Waals surface area contributed by atoms with E-state index in [1.807, 2.05) is 0 Å². The highest BCUT2D eigenvalue weighted by molar-refractivity contribution is 7.94. The maximum absolute atomic E-state index is 14.0. The Kier molecular flexibility index (Phi) is 2.11. The molecule has 0 fully saturated rings. The van der Waals surface area contributed by atoms with Crippen molar-refractivity contribution in [3.05, 3.63) is 28.8 Å². The Morgan fingerprint density at radius 3 is 2.53 bits per heavy atom. The topological polar surface area (TPSA) is 61.1 Å². The first-order valence-corrected chi connectivity index (χ1v) is 6.95. The molecule has 0 aromatic heterocycles. The van der Waals surface area contributed by atoms with Crippen LogP contribution in [0.25, 0.3) is 0 Å². The highest BCUT2D eigenvalue weighted by atomic mass is 32.2. The van der Waals surface area contributed by atoms with Gasteiger partial charge in [0.1, 0.15) is 9.73 Å². The number of halogens is 4. The lowest BCUT2D eigenvalue weighted by molar-refractivity contribution is -0.169. The Labute approximate surface area is 106 Å². The first kappa shape index (κ1) is 12.9. The van der Waals surface area contributed by atoms with Gasteiger partial charge in [0.2, 0.25) is 5.60 Å². The quantitative estimate of drug-likeness (QED) is 0.723. The molecule has 1 aliphatic carbocycles. The second-order valence-electron chi connectivity index (χ2n) is 4.81. The molecule has 0 spiro atoms. The number of aryl methyl sites for hydroxylation is 1. The van der Waals surface area contributed by atoms with E-state index in [1.54, 1.807) is 0 Å². The molecule has 104 valence electrons. The lowest BCUT2D eigenvalue weighted by atomic mass is 9.94. The van der Waals surface area contributed by atoms with Gasteiger partial charge in [-0.1, -0.05) is 6.07 Å². The molecule has 0 bridgehead atoms. The zero-order valence-electron chi connectivity index (χ0n) is 9.58. The molecule has 2 aliphatic rings. The van der Waals surface area contributed by atoms with Crippen molar-refractivity contribution in [3.63, 3.8) is 0 Å². The molecule has 0 saturated carbocycles. The Morgan fingerprint density at radius 1 is 1.37 bits per heavy atom. The molecule has 3 nitrogen and oxygen atoms in total. The minimum atomic E-state index is -4.73. The highest BCUT2D eigenvalue weighted by Crippen LogP contribution is 2.64. The Balaban J connectivity index is 2.55. The summed E-state index contributed by atoms with van der Waals surface area (Å²) >= 11 is 0. The number of rotatable bonds is 0. The molecule has 0 amide bonds. The molecule has 4 atom stereocenters. The van der Waals surface area contributed by atoms with Crippen molar-refractivity contribution in [2.45, 2.75) is 35.0 Å². The Bertz CT molecular complexity index is 703. The van der Waals surface area contributed by atoms with E-state index < -0.39 is 49.0 Å². The molecule has 8 heteroatoms. The number of aliphatic hydroxyl groups is 1. The number of alkyl halides is 4. The number of hydrogen-bond acceptors (Lipinski definition) is 3. The molecule has 3 rings (SSSR count). The summed E-state index contributed by atoms with van der Waals surface area (Å²) in [6, 6.07) is 2.18. The van der Waals surface area contributed by atoms with Gasteiger partial charge >= 0.3 is 5.25 Å². The molecule has 2 N–H and O–H groups in total. The van der Waals surface area contributed by atoms with Gasteiger partial charge in [-0.05, 0) is 24.1 Å². The van der Waals surface area contributed by atoms with E-state index in [0.29, 0.717) is 0 Å². The molecule has 1 heterocycles. The monoisotopic (exact) mass is 295 g/mol. The summed E-state index contributed by atoms with van der Waals surface area (Å²) in [7, 11) is -4.73. The maximum atomic E-state index is 14.0. The molecule has 1 aromatic carbocycles. The van der Waals surface area contributed by atoms with Crippen molar-refractivity contribution in [1.82, 2.24) is 0 Å². The van der Waals surface area contributed by atoms with Gasteiger partial charge < -0.3 is 5.11 Å². The van der Waals surface area contributed by atoms with E-state index in [2.05, 4.69) is 0 Å². The lowest BCUT2D eigenvalue weighted by Crippen LogP contribution is -2.49. The summed E-state index contributed by atoms with van der Waals surface area (Å²) in [5.41, 5.74) is -4.47. The zero-order valence-corrected chi connectivity index (χ0v) is 10.4. The summed E-state index contributed by atoms with van der Waals surface area (Å²) < 4.78 is 75.0. The van der Waals surface area contributed by atoms with Crippen LogP contribution in [0.4, 0.5) is 17.6 Å². The number of nitrogens with one attached hydrogen (secondary N) is 1. The summed E-state index contributed by atoms with van der Waals surface area (Å²) in [6.45, 7) is 1.38. The Hall–Kier alpha value is -1.15. The van der Waals surface area contributed by atoms with Crippen LogP contribution in [-0.4, -0.2) is 20.7 Å². The van der Waals surface area contributed by atoms with Crippen LogP contribution >= 0.6 is 0 Å².